The average Bonchev–Trinajstić information content (AvgIpc) is 3.59. The molecule has 2 atom stereocenters. The summed E-state index contributed by atoms with van der Waals surface area (Å²) in [6.45, 7) is 6.36. The molecule has 0 spiro atoms. The van der Waals surface area contributed by atoms with Crippen molar-refractivity contribution in [2.24, 2.45) is 0 Å². The van der Waals surface area contributed by atoms with Crippen LogP contribution < -0.4 is 18.3 Å². The summed E-state index contributed by atoms with van der Waals surface area (Å²) in [7, 11) is -7.63. The van der Waals surface area contributed by atoms with E-state index in [1.165, 1.54) is 29.1 Å². The Morgan fingerprint density at radius 1 is 0.692 bits per heavy atom. The van der Waals surface area contributed by atoms with Gasteiger partial charge in [-0.3, -0.25) is 0 Å². The number of aromatic nitrogens is 4. The number of tetrazole rings is 1. The predicted octanol–water partition coefficient (Wildman–Crippen LogP) is 5.79. The van der Waals surface area contributed by atoms with Gasteiger partial charge in [-0.2, -0.15) is 4.80 Å². The van der Waals surface area contributed by atoms with Gasteiger partial charge in [0.2, 0.25) is 10.0 Å². The monoisotopic (exact) mass is 875 g/mol. The van der Waals surface area contributed by atoms with Gasteiger partial charge in [0.1, 0.15) is 17.2 Å². The maximum Gasteiger partial charge on any atom is 0.253 e. The molecule has 0 aliphatic rings. The molecule has 12 nitrogen and oxygen atoms in total. The first-order valence-electron chi connectivity index (χ1n) is 16.3. The van der Waals surface area contributed by atoms with Gasteiger partial charge < -0.3 is 14.2 Å². The van der Waals surface area contributed by atoms with Gasteiger partial charge in [0.15, 0.2) is 10.6 Å². The number of methoxy groups -OCH3 is 3. The molecule has 52 heavy (non-hydrogen) atoms. The fraction of sp³-hybridized carbons (Fsp3) is 0.306. The molecular formula is C36H42IN5O7S2Si. The standard InChI is InChI=1S/C36H42IN5O7S2Si/c1-47-30-18-12-27(13-19-30)24-35(51(45,46)41-50(43,44)33-10-8-7-9-11-33,34-38-40-42(39-34)26-29-16-22-32(49-3)23-17-29)36(37,52(4,5)6)25-28-14-20-31(48-2)21-15-28/h7-23,41H,24-26H2,1-6H3. The summed E-state index contributed by atoms with van der Waals surface area (Å²) < 4.78 is 74.0. The molecule has 0 fully saturated rings. The lowest BCUT2D eigenvalue weighted by Crippen LogP contribution is -2.69. The molecule has 0 radical (unpaired) electrons. The van der Waals surface area contributed by atoms with Crippen LogP contribution in [0, 0.1) is 0 Å². The number of rotatable bonds is 16. The van der Waals surface area contributed by atoms with Crippen molar-refractivity contribution in [3.8, 4) is 17.2 Å². The quantitative estimate of drug-likeness (QED) is 0.0734. The molecule has 276 valence electrons. The highest BCUT2D eigenvalue weighted by Gasteiger charge is 2.67. The summed E-state index contributed by atoms with van der Waals surface area (Å²) in [5.74, 6) is 1.77. The van der Waals surface area contributed by atoms with E-state index in [0.29, 0.717) is 22.8 Å². The minimum absolute atomic E-state index is 0.127. The van der Waals surface area contributed by atoms with Gasteiger partial charge in [0.05, 0.1) is 40.8 Å². The highest BCUT2D eigenvalue weighted by molar-refractivity contribution is 14.1. The summed E-state index contributed by atoms with van der Waals surface area (Å²) in [6, 6.07) is 29.2. The van der Waals surface area contributed by atoms with Gasteiger partial charge in [-0.1, -0.05) is 96.8 Å². The fourth-order valence-corrected chi connectivity index (χ4v) is 15.1. The van der Waals surface area contributed by atoms with Gasteiger partial charge in [0.25, 0.3) is 10.0 Å². The maximum absolute atomic E-state index is 15.5. The van der Waals surface area contributed by atoms with Crippen LogP contribution in [0.15, 0.2) is 108 Å². The van der Waals surface area contributed by atoms with Crippen molar-refractivity contribution >= 4 is 50.7 Å². The van der Waals surface area contributed by atoms with Gasteiger partial charge in [-0.25, -0.2) is 16.8 Å². The highest BCUT2D eigenvalue weighted by atomic mass is 127. The van der Waals surface area contributed by atoms with E-state index in [9.17, 15) is 8.42 Å². The molecule has 1 N–H and O–H groups in total. The lowest BCUT2D eigenvalue weighted by Gasteiger charge is -2.51. The zero-order valence-electron chi connectivity index (χ0n) is 29.8. The number of sulfonamides is 2. The smallest absolute Gasteiger partial charge is 0.253 e. The predicted molar refractivity (Wildman–Crippen MR) is 211 cm³/mol. The number of nitrogens with zero attached hydrogens (tertiary/aromatic N) is 4. The van der Waals surface area contributed by atoms with E-state index in [1.807, 2.05) is 36.4 Å². The fourth-order valence-electron chi connectivity index (χ4n) is 6.12. The number of benzene rings is 4. The van der Waals surface area contributed by atoms with Gasteiger partial charge in [0, 0.05) is 9.47 Å². The Hall–Kier alpha value is -3.84. The van der Waals surface area contributed by atoms with Crippen LogP contribution in [-0.4, -0.2) is 69.5 Å². The van der Waals surface area contributed by atoms with Crippen LogP contribution >= 0.6 is 22.6 Å². The Morgan fingerprint density at radius 3 is 1.62 bits per heavy atom. The van der Waals surface area contributed by atoms with E-state index in [0.717, 1.165) is 11.1 Å². The van der Waals surface area contributed by atoms with E-state index in [-0.39, 0.29) is 30.1 Å². The summed E-state index contributed by atoms with van der Waals surface area (Å²) in [5.41, 5.74) is 2.24. The average molecular weight is 876 g/mol. The Kier molecular flexibility index (Phi) is 11.8. The molecule has 0 saturated carbocycles. The number of alkyl halides is 1. The van der Waals surface area contributed by atoms with Crippen LogP contribution in [0.25, 0.3) is 0 Å². The zero-order chi connectivity index (χ0) is 37.8. The molecule has 5 aromatic rings. The van der Waals surface area contributed by atoms with Crippen molar-refractivity contribution in [3.63, 3.8) is 0 Å². The molecule has 2 unspecified atom stereocenters. The summed E-state index contributed by atoms with van der Waals surface area (Å²) in [4.78, 5) is 1.13. The summed E-state index contributed by atoms with van der Waals surface area (Å²) >= 11 is 2.26. The first-order chi connectivity index (χ1) is 24.6. The topological polar surface area (TPSA) is 152 Å². The number of hydrogen-bond acceptors (Lipinski definition) is 10. The van der Waals surface area contributed by atoms with E-state index < -0.39 is 35.9 Å². The Balaban J connectivity index is 1.80. The Labute approximate surface area is 320 Å². The van der Waals surface area contributed by atoms with Crippen molar-refractivity contribution in [1.29, 1.82) is 0 Å². The van der Waals surface area contributed by atoms with Gasteiger partial charge in [-0.15, -0.1) is 14.3 Å². The van der Waals surface area contributed by atoms with Crippen LogP contribution in [0.5, 0.6) is 17.2 Å². The molecule has 4 aromatic carbocycles. The number of nitrogens with one attached hydrogen (secondary N) is 1. The number of ether oxygens (including phenoxy) is 3. The second-order valence-electron chi connectivity index (χ2n) is 13.3. The van der Waals surface area contributed by atoms with Gasteiger partial charge in [-0.05, 0) is 76.9 Å². The molecule has 16 heteroatoms. The zero-order valence-corrected chi connectivity index (χ0v) is 34.6. The van der Waals surface area contributed by atoms with Crippen LogP contribution in [0.3, 0.4) is 0 Å². The lowest BCUT2D eigenvalue weighted by molar-refractivity contribution is 0.413. The van der Waals surface area contributed by atoms with Crippen LogP contribution in [0.2, 0.25) is 19.6 Å². The second kappa shape index (κ2) is 15.6. The third-order valence-electron chi connectivity index (χ3n) is 9.08. The number of halogens is 1. The second-order valence-corrected chi connectivity index (χ2v) is 25.4. The molecule has 1 aromatic heterocycles. The van der Waals surface area contributed by atoms with Crippen molar-refractivity contribution in [2.75, 3.05) is 21.3 Å². The summed E-state index contributed by atoms with van der Waals surface area (Å²) in [6.07, 6.45) is 0.0387. The van der Waals surface area contributed by atoms with E-state index in [1.54, 1.807) is 63.8 Å². The minimum Gasteiger partial charge on any atom is -0.497 e. The molecular weight excluding hydrogens is 834 g/mol. The molecule has 0 bridgehead atoms. The highest BCUT2D eigenvalue weighted by Crippen LogP contribution is 2.54. The third kappa shape index (κ3) is 8.05. The van der Waals surface area contributed by atoms with Crippen molar-refractivity contribution in [1.82, 2.24) is 24.3 Å². The molecule has 5 rings (SSSR count). The Morgan fingerprint density at radius 2 is 1.15 bits per heavy atom. The first kappa shape index (κ1) is 39.4. The normalized spacial score (nSPS) is 14.6. The summed E-state index contributed by atoms with van der Waals surface area (Å²) in [5, 5.41) is 13.6. The van der Waals surface area contributed by atoms with Crippen molar-refractivity contribution in [2.45, 2.75) is 51.7 Å². The molecule has 0 aliphatic carbocycles. The van der Waals surface area contributed by atoms with E-state index >= 15 is 8.42 Å². The van der Waals surface area contributed by atoms with Crippen LogP contribution in [0.4, 0.5) is 0 Å². The van der Waals surface area contributed by atoms with Crippen molar-refractivity contribution < 1.29 is 31.0 Å². The third-order valence-corrected chi connectivity index (χ3v) is 23.0. The Bertz CT molecular complexity index is 2180. The van der Waals surface area contributed by atoms with E-state index in [2.05, 4.69) is 56.7 Å². The van der Waals surface area contributed by atoms with Crippen LogP contribution in [0.1, 0.15) is 22.5 Å². The number of hydrogen-bond donors (Lipinski definition) is 1. The largest absolute Gasteiger partial charge is 0.497 e. The molecule has 0 saturated heterocycles. The maximum atomic E-state index is 15.5. The minimum atomic E-state index is -4.96. The van der Waals surface area contributed by atoms with Gasteiger partial charge >= 0.3 is 0 Å². The van der Waals surface area contributed by atoms with Crippen molar-refractivity contribution in [3.05, 3.63) is 126 Å². The first-order valence-corrected chi connectivity index (χ1v) is 23.8. The lowest BCUT2D eigenvalue weighted by atomic mass is 9.90. The molecule has 0 aliphatic heterocycles. The van der Waals surface area contributed by atoms with E-state index in [4.69, 9.17) is 19.3 Å². The van der Waals surface area contributed by atoms with Crippen LogP contribution in [-0.2, 0) is 44.2 Å². The molecule has 0 amide bonds. The SMILES string of the molecule is COc1ccc(Cn2nnc(C(Cc3ccc(OC)cc3)(C(I)(Cc3ccc(OC)cc3)[Si](C)(C)C)S(=O)(=O)NS(=O)(=O)c3ccccc3)n2)cc1. The molecule has 1 heterocycles.